The molecule has 1 aromatic heterocycles. The minimum absolute atomic E-state index is 0.0768. The van der Waals surface area contributed by atoms with Gasteiger partial charge in [-0.2, -0.15) is 4.31 Å². The summed E-state index contributed by atoms with van der Waals surface area (Å²) in [7, 11) is 2.38. The Labute approximate surface area is 214 Å². The van der Waals surface area contributed by atoms with E-state index in [-0.39, 0.29) is 31.2 Å². The van der Waals surface area contributed by atoms with Crippen LogP contribution in [0.5, 0.6) is 11.5 Å². The van der Waals surface area contributed by atoms with Crippen LogP contribution in [0.15, 0.2) is 52.7 Å². The first-order valence-electron chi connectivity index (χ1n) is 10.9. The molecule has 1 heterocycles. The first kappa shape index (κ1) is 27.6. The van der Waals surface area contributed by atoms with Crippen LogP contribution in [-0.4, -0.2) is 78.4 Å². The van der Waals surface area contributed by atoms with Crippen LogP contribution >= 0.6 is 11.3 Å². The molecule has 0 saturated heterocycles. The van der Waals surface area contributed by atoms with Crippen LogP contribution in [-0.2, 0) is 19.5 Å². The summed E-state index contributed by atoms with van der Waals surface area (Å²) in [6.45, 7) is 0.880. The number of sulfonamides is 1. The number of carbonyl (C=O) groups excluding carboxylic acids is 1. The lowest BCUT2D eigenvalue weighted by Gasteiger charge is -2.21. The second-order valence-corrected chi connectivity index (χ2v) is 10.3. The van der Waals surface area contributed by atoms with Crippen LogP contribution in [0.25, 0.3) is 11.3 Å². The molecule has 0 bridgehead atoms. The zero-order valence-electron chi connectivity index (χ0n) is 20.5. The summed E-state index contributed by atoms with van der Waals surface area (Å²) >= 11 is 1.26. The number of ether oxygens (including phenoxy) is 4. The van der Waals surface area contributed by atoms with Crippen LogP contribution in [0.3, 0.4) is 0 Å². The number of anilines is 1. The van der Waals surface area contributed by atoms with Crippen molar-refractivity contribution in [1.82, 2.24) is 9.29 Å². The zero-order valence-corrected chi connectivity index (χ0v) is 22.1. The first-order valence-corrected chi connectivity index (χ1v) is 13.2. The number of hydrogen-bond donors (Lipinski definition) is 1. The maximum atomic E-state index is 13.0. The van der Waals surface area contributed by atoms with Crippen LogP contribution in [0.4, 0.5) is 5.13 Å². The van der Waals surface area contributed by atoms with E-state index < -0.39 is 15.9 Å². The molecule has 1 amide bonds. The van der Waals surface area contributed by atoms with Crippen molar-refractivity contribution in [2.75, 3.05) is 60.1 Å². The van der Waals surface area contributed by atoms with Gasteiger partial charge in [-0.25, -0.2) is 13.4 Å². The number of carbonyl (C=O) groups is 1. The Morgan fingerprint density at radius 3 is 2.22 bits per heavy atom. The molecule has 3 rings (SSSR count). The molecule has 0 fully saturated rings. The van der Waals surface area contributed by atoms with E-state index >= 15 is 0 Å². The summed E-state index contributed by atoms with van der Waals surface area (Å²) in [5, 5.41) is 4.95. The van der Waals surface area contributed by atoms with E-state index in [9.17, 15) is 13.2 Å². The van der Waals surface area contributed by atoms with Gasteiger partial charge in [0.15, 0.2) is 5.13 Å². The van der Waals surface area contributed by atoms with Gasteiger partial charge in [0.1, 0.15) is 11.5 Å². The standard InChI is InChI=1S/C24H29N3O7S2/c1-31-13-11-27(12-14-32-2)36(29,30)19-8-5-17(6-9-19)23(28)26-24-25-21(16-35-24)20-15-18(33-3)7-10-22(20)34-4/h5-10,15-16H,11-14H2,1-4H3,(H,25,26,28). The number of methoxy groups -OCH3 is 4. The number of thiazole rings is 1. The normalized spacial score (nSPS) is 11.5. The zero-order chi connectivity index (χ0) is 26.1. The molecule has 0 spiro atoms. The molecule has 0 aliphatic rings. The van der Waals surface area contributed by atoms with E-state index in [0.717, 1.165) is 5.56 Å². The number of rotatable bonds is 13. The van der Waals surface area contributed by atoms with Gasteiger partial charge in [-0.05, 0) is 42.5 Å². The van der Waals surface area contributed by atoms with E-state index in [2.05, 4.69) is 10.3 Å². The number of amides is 1. The van der Waals surface area contributed by atoms with Crippen molar-refractivity contribution in [3.05, 3.63) is 53.4 Å². The lowest BCUT2D eigenvalue weighted by Crippen LogP contribution is -2.36. The first-order chi connectivity index (χ1) is 17.3. The Hall–Kier alpha value is -3.03. The van der Waals surface area contributed by atoms with E-state index in [4.69, 9.17) is 18.9 Å². The van der Waals surface area contributed by atoms with Gasteiger partial charge in [-0.3, -0.25) is 10.1 Å². The molecule has 12 heteroatoms. The number of nitrogens with one attached hydrogen (secondary N) is 1. The second kappa shape index (κ2) is 12.8. The van der Waals surface area contributed by atoms with Gasteiger partial charge in [0.05, 0.1) is 38.0 Å². The third kappa shape index (κ3) is 6.59. The van der Waals surface area contributed by atoms with E-state index in [1.165, 1.54) is 54.1 Å². The van der Waals surface area contributed by atoms with Gasteiger partial charge in [0, 0.05) is 43.8 Å². The van der Waals surface area contributed by atoms with Crippen molar-refractivity contribution >= 4 is 32.4 Å². The van der Waals surface area contributed by atoms with Crippen molar-refractivity contribution in [3.8, 4) is 22.8 Å². The summed E-state index contributed by atoms with van der Waals surface area (Å²) in [6, 6.07) is 11.1. The van der Waals surface area contributed by atoms with Gasteiger partial charge in [0.25, 0.3) is 5.91 Å². The third-order valence-electron chi connectivity index (χ3n) is 5.25. The Kier molecular flexibility index (Phi) is 9.79. The average molecular weight is 536 g/mol. The highest BCUT2D eigenvalue weighted by Gasteiger charge is 2.24. The Bertz CT molecular complexity index is 1250. The van der Waals surface area contributed by atoms with Crippen molar-refractivity contribution in [1.29, 1.82) is 0 Å². The molecule has 194 valence electrons. The van der Waals surface area contributed by atoms with Crippen molar-refractivity contribution in [2.24, 2.45) is 0 Å². The maximum absolute atomic E-state index is 13.0. The maximum Gasteiger partial charge on any atom is 0.257 e. The quantitative estimate of drug-likeness (QED) is 0.354. The largest absolute Gasteiger partial charge is 0.497 e. The lowest BCUT2D eigenvalue weighted by atomic mass is 10.1. The molecular formula is C24H29N3O7S2. The number of benzene rings is 2. The Morgan fingerprint density at radius 2 is 1.64 bits per heavy atom. The summed E-state index contributed by atoms with van der Waals surface area (Å²) in [5.41, 5.74) is 1.65. The van der Waals surface area contributed by atoms with Gasteiger partial charge < -0.3 is 18.9 Å². The highest BCUT2D eigenvalue weighted by molar-refractivity contribution is 7.89. The molecule has 0 saturated carbocycles. The molecular weight excluding hydrogens is 506 g/mol. The molecule has 10 nitrogen and oxygen atoms in total. The number of aromatic nitrogens is 1. The summed E-state index contributed by atoms with van der Waals surface area (Å²) in [4.78, 5) is 17.3. The molecule has 2 aromatic carbocycles. The summed E-state index contributed by atoms with van der Waals surface area (Å²) < 4.78 is 48.1. The monoisotopic (exact) mass is 535 g/mol. The van der Waals surface area contributed by atoms with E-state index in [1.807, 2.05) is 0 Å². The van der Waals surface area contributed by atoms with Crippen LogP contribution in [0.1, 0.15) is 10.4 Å². The topological polar surface area (TPSA) is 116 Å². The van der Waals surface area contributed by atoms with Crippen molar-refractivity contribution in [3.63, 3.8) is 0 Å². The summed E-state index contributed by atoms with van der Waals surface area (Å²) in [6.07, 6.45) is 0. The molecule has 1 N–H and O–H groups in total. The van der Waals surface area contributed by atoms with Crippen LogP contribution in [0, 0.1) is 0 Å². The van der Waals surface area contributed by atoms with Gasteiger partial charge in [-0.1, -0.05) is 0 Å². The molecule has 0 aliphatic heterocycles. The molecule has 0 atom stereocenters. The predicted molar refractivity (Wildman–Crippen MR) is 138 cm³/mol. The SMILES string of the molecule is COCCN(CCOC)S(=O)(=O)c1ccc(C(=O)Nc2nc(-c3cc(OC)ccc3OC)cs2)cc1. The molecule has 0 unspecified atom stereocenters. The smallest absolute Gasteiger partial charge is 0.257 e. The highest BCUT2D eigenvalue weighted by Crippen LogP contribution is 2.35. The molecule has 36 heavy (non-hydrogen) atoms. The van der Waals surface area contributed by atoms with E-state index in [1.54, 1.807) is 37.8 Å². The van der Waals surface area contributed by atoms with Crippen LogP contribution < -0.4 is 14.8 Å². The molecule has 0 radical (unpaired) electrons. The second-order valence-electron chi connectivity index (χ2n) is 7.47. The summed E-state index contributed by atoms with van der Waals surface area (Å²) in [5.74, 6) is 0.872. The Balaban J connectivity index is 1.74. The fraction of sp³-hybridized carbons (Fsp3) is 0.333. The van der Waals surface area contributed by atoms with Crippen molar-refractivity contribution in [2.45, 2.75) is 4.90 Å². The minimum atomic E-state index is -3.78. The number of nitrogens with zero attached hydrogens (tertiary/aromatic N) is 2. The Morgan fingerprint density at radius 1 is 0.972 bits per heavy atom. The average Bonchev–Trinajstić information content (AvgIpc) is 3.36. The van der Waals surface area contributed by atoms with Gasteiger partial charge in [0.2, 0.25) is 10.0 Å². The van der Waals surface area contributed by atoms with E-state index in [0.29, 0.717) is 27.9 Å². The fourth-order valence-electron chi connectivity index (χ4n) is 3.30. The number of hydrogen-bond acceptors (Lipinski definition) is 9. The van der Waals surface area contributed by atoms with Crippen LogP contribution in [0.2, 0.25) is 0 Å². The fourth-order valence-corrected chi connectivity index (χ4v) is 5.42. The molecule has 3 aromatic rings. The minimum Gasteiger partial charge on any atom is -0.497 e. The third-order valence-corrected chi connectivity index (χ3v) is 7.92. The van der Waals surface area contributed by atoms with Gasteiger partial charge >= 0.3 is 0 Å². The molecule has 0 aliphatic carbocycles. The highest BCUT2D eigenvalue weighted by atomic mass is 32.2. The van der Waals surface area contributed by atoms with Crippen molar-refractivity contribution < 1.29 is 32.2 Å². The predicted octanol–water partition coefficient (Wildman–Crippen LogP) is 3.36. The van der Waals surface area contributed by atoms with Gasteiger partial charge in [-0.15, -0.1) is 11.3 Å². The lowest BCUT2D eigenvalue weighted by molar-refractivity contribution is 0.102.